The molecule has 2 aromatic carbocycles. The van der Waals surface area contributed by atoms with Crippen molar-refractivity contribution in [2.45, 2.75) is 12.8 Å². The molecule has 0 radical (unpaired) electrons. The number of aldehydes is 1. The number of ether oxygens (including phenoxy) is 1. The number of carbonyl (C=O) groups excluding carboxylic acids is 2. The Bertz CT molecular complexity index is 727. The van der Waals surface area contributed by atoms with Crippen molar-refractivity contribution in [3.05, 3.63) is 52.5 Å². The molecule has 106 valence electrons. The lowest BCUT2D eigenvalue weighted by atomic mass is 10.0. The molecule has 4 nitrogen and oxygen atoms in total. The zero-order valence-corrected chi connectivity index (χ0v) is 11.8. The van der Waals surface area contributed by atoms with E-state index in [0.29, 0.717) is 34.8 Å². The van der Waals surface area contributed by atoms with E-state index in [4.69, 9.17) is 16.3 Å². The molecule has 5 heteroatoms. The van der Waals surface area contributed by atoms with Crippen LogP contribution < -0.4 is 10.1 Å². The van der Waals surface area contributed by atoms with E-state index in [1.165, 1.54) is 0 Å². The van der Waals surface area contributed by atoms with Crippen molar-refractivity contribution in [2.24, 2.45) is 0 Å². The Morgan fingerprint density at radius 2 is 2.00 bits per heavy atom. The van der Waals surface area contributed by atoms with Crippen LogP contribution in [0.5, 0.6) is 11.5 Å². The molecule has 1 heterocycles. The van der Waals surface area contributed by atoms with Crippen LogP contribution in [0, 0.1) is 0 Å². The van der Waals surface area contributed by atoms with E-state index in [1.807, 2.05) is 12.1 Å². The van der Waals surface area contributed by atoms with Crippen LogP contribution in [0.3, 0.4) is 0 Å². The molecule has 0 fully saturated rings. The van der Waals surface area contributed by atoms with Gasteiger partial charge in [0.15, 0.2) is 6.29 Å². The Morgan fingerprint density at radius 3 is 2.81 bits per heavy atom. The van der Waals surface area contributed by atoms with Gasteiger partial charge < -0.3 is 10.1 Å². The predicted molar refractivity (Wildman–Crippen MR) is 80.3 cm³/mol. The number of benzene rings is 2. The first-order valence-electron chi connectivity index (χ1n) is 6.51. The van der Waals surface area contributed by atoms with Crippen LogP contribution in [0.4, 0.5) is 5.69 Å². The maximum Gasteiger partial charge on any atom is 0.224 e. The molecule has 0 aliphatic carbocycles. The average molecular weight is 302 g/mol. The molecule has 21 heavy (non-hydrogen) atoms. The molecule has 0 bridgehead atoms. The van der Waals surface area contributed by atoms with E-state index in [9.17, 15) is 9.59 Å². The summed E-state index contributed by atoms with van der Waals surface area (Å²) in [5.41, 5.74) is 2.24. The molecular weight excluding hydrogens is 290 g/mol. The molecule has 1 aliphatic heterocycles. The summed E-state index contributed by atoms with van der Waals surface area (Å²) in [5.74, 6) is 0.928. The predicted octanol–water partition coefficient (Wildman–Crippen LogP) is 3.83. The van der Waals surface area contributed by atoms with Crippen molar-refractivity contribution in [1.29, 1.82) is 0 Å². The molecule has 1 N–H and O–H groups in total. The lowest BCUT2D eigenvalue weighted by molar-refractivity contribution is -0.116. The molecule has 3 rings (SSSR count). The van der Waals surface area contributed by atoms with Gasteiger partial charge >= 0.3 is 0 Å². The van der Waals surface area contributed by atoms with Crippen LogP contribution >= 0.6 is 11.6 Å². The third-order valence-electron chi connectivity index (χ3n) is 3.31. The van der Waals surface area contributed by atoms with Crippen LogP contribution in [-0.2, 0) is 11.2 Å². The highest BCUT2D eigenvalue weighted by Gasteiger charge is 2.15. The van der Waals surface area contributed by atoms with Crippen molar-refractivity contribution in [3.8, 4) is 11.5 Å². The Hall–Kier alpha value is -2.33. The summed E-state index contributed by atoms with van der Waals surface area (Å²) in [4.78, 5) is 22.4. The molecule has 0 atom stereocenters. The fourth-order valence-corrected chi connectivity index (χ4v) is 2.40. The van der Waals surface area contributed by atoms with Crippen LogP contribution in [0.2, 0.25) is 5.02 Å². The topological polar surface area (TPSA) is 55.4 Å². The van der Waals surface area contributed by atoms with E-state index < -0.39 is 0 Å². The van der Waals surface area contributed by atoms with E-state index in [0.717, 1.165) is 17.7 Å². The first kappa shape index (κ1) is 13.6. The average Bonchev–Trinajstić information content (AvgIpc) is 2.47. The summed E-state index contributed by atoms with van der Waals surface area (Å²) in [6.07, 6.45) is 1.93. The van der Waals surface area contributed by atoms with E-state index in [-0.39, 0.29) is 5.91 Å². The molecule has 1 amide bonds. The number of nitrogens with one attached hydrogen (secondary N) is 1. The molecular formula is C16H12ClNO3. The lowest BCUT2D eigenvalue weighted by Crippen LogP contribution is -2.18. The van der Waals surface area contributed by atoms with Gasteiger partial charge in [-0.15, -0.1) is 0 Å². The highest BCUT2D eigenvalue weighted by molar-refractivity contribution is 6.30. The summed E-state index contributed by atoms with van der Waals surface area (Å²) in [7, 11) is 0. The highest BCUT2D eigenvalue weighted by atomic mass is 35.5. The van der Waals surface area contributed by atoms with Crippen LogP contribution in [0.15, 0.2) is 36.4 Å². The SMILES string of the molecule is O=Cc1ccc(Cl)cc1Oc1ccc2c(c1)NC(=O)CC2. The number of aryl methyl sites for hydroxylation is 1. The highest BCUT2D eigenvalue weighted by Crippen LogP contribution is 2.32. The molecule has 0 unspecified atom stereocenters. The van der Waals surface area contributed by atoms with Crippen molar-refractivity contribution in [3.63, 3.8) is 0 Å². The van der Waals surface area contributed by atoms with Gasteiger partial charge in [-0.05, 0) is 30.2 Å². The minimum atomic E-state index is -0.00372. The van der Waals surface area contributed by atoms with Gasteiger partial charge in [0.05, 0.1) is 5.56 Å². The first-order chi connectivity index (χ1) is 10.2. The van der Waals surface area contributed by atoms with Gasteiger partial charge in [0.2, 0.25) is 5.91 Å². The number of hydrogen-bond donors (Lipinski definition) is 1. The number of rotatable bonds is 3. The van der Waals surface area contributed by atoms with E-state index in [1.54, 1.807) is 24.3 Å². The minimum Gasteiger partial charge on any atom is -0.456 e. The summed E-state index contributed by atoms with van der Waals surface area (Å²) >= 11 is 5.92. The summed E-state index contributed by atoms with van der Waals surface area (Å²) < 4.78 is 5.72. The molecule has 0 spiro atoms. The zero-order valence-electron chi connectivity index (χ0n) is 11.1. The number of anilines is 1. The molecule has 0 saturated carbocycles. The molecule has 0 aromatic heterocycles. The largest absolute Gasteiger partial charge is 0.456 e. The summed E-state index contributed by atoms with van der Waals surface area (Å²) in [5, 5.41) is 3.30. The number of amides is 1. The first-order valence-corrected chi connectivity index (χ1v) is 6.89. The third kappa shape index (κ3) is 2.90. The lowest BCUT2D eigenvalue weighted by Gasteiger charge is -2.18. The maximum atomic E-state index is 11.4. The normalized spacial score (nSPS) is 13.3. The van der Waals surface area contributed by atoms with Crippen molar-refractivity contribution in [1.82, 2.24) is 0 Å². The fraction of sp³-hybridized carbons (Fsp3) is 0.125. The van der Waals surface area contributed by atoms with Gasteiger partial charge in [-0.1, -0.05) is 17.7 Å². The van der Waals surface area contributed by atoms with Crippen LogP contribution in [0.1, 0.15) is 22.3 Å². The van der Waals surface area contributed by atoms with Crippen LogP contribution in [-0.4, -0.2) is 12.2 Å². The van der Waals surface area contributed by atoms with E-state index in [2.05, 4.69) is 5.32 Å². The van der Waals surface area contributed by atoms with Crippen molar-refractivity contribution >= 4 is 29.5 Å². The quantitative estimate of drug-likeness (QED) is 0.877. The third-order valence-corrected chi connectivity index (χ3v) is 3.54. The van der Waals surface area contributed by atoms with Gasteiger partial charge in [0.1, 0.15) is 11.5 Å². The zero-order chi connectivity index (χ0) is 14.8. The molecule has 0 saturated heterocycles. The molecule has 2 aromatic rings. The Balaban J connectivity index is 1.92. The second-order valence-corrected chi connectivity index (χ2v) is 5.21. The Labute approximate surface area is 126 Å². The standard InChI is InChI=1S/C16H12ClNO3/c17-12-4-1-11(9-19)15(7-12)21-13-5-2-10-3-6-16(20)18-14(10)8-13/h1-2,4-5,7-9H,3,6H2,(H,18,20). The van der Waals surface area contributed by atoms with Crippen LogP contribution in [0.25, 0.3) is 0 Å². The number of hydrogen-bond acceptors (Lipinski definition) is 3. The number of halogens is 1. The van der Waals surface area contributed by atoms with Gasteiger partial charge in [-0.25, -0.2) is 0 Å². The van der Waals surface area contributed by atoms with Gasteiger partial charge in [0.25, 0.3) is 0 Å². The number of fused-ring (bicyclic) bond motifs is 1. The van der Waals surface area contributed by atoms with Gasteiger partial charge in [-0.3, -0.25) is 9.59 Å². The summed E-state index contributed by atoms with van der Waals surface area (Å²) in [6.45, 7) is 0. The maximum absolute atomic E-state index is 11.4. The monoisotopic (exact) mass is 301 g/mol. The number of carbonyl (C=O) groups is 2. The summed E-state index contributed by atoms with van der Waals surface area (Å²) in [6, 6.07) is 10.3. The second kappa shape index (κ2) is 5.58. The Kier molecular flexibility index (Phi) is 3.62. The van der Waals surface area contributed by atoms with E-state index >= 15 is 0 Å². The van der Waals surface area contributed by atoms with Gasteiger partial charge in [-0.2, -0.15) is 0 Å². The Morgan fingerprint density at radius 1 is 1.14 bits per heavy atom. The van der Waals surface area contributed by atoms with Gasteiger partial charge in [0, 0.05) is 29.3 Å². The minimum absolute atomic E-state index is 0.00372. The second-order valence-electron chi connectivity index (χ2n) is 4.77. The molecule has 1 aliphatic rings. The van der Waals surface area contributed by atoms with Crippen molar-refractivity contribution < 1.29 is 14.3 Å². The smallest absolute Gasteiger partial charge is 0.224 e. The van der Waals surface area contributed by atoms with Crippen molar-refractivity contribution in [2.75, 3.05) is 5.32 Å². The fourth-order valence-electron chi connectivity index (χ4n) is 2.24.